The molecule has 2 aromatic carbocycles. The molecule has 0 unspecified atom stereocenters. The molecule has 1 N–H and O–H groups in total. The highest BCUT2D eigenvalue weighted by molar-refractivity contribution is 6.07. The molecule has 0 saturated heterocycles. The van der Waals surface area contributed by atoms with Gasteiger partial charge in [0.1, 0.15) is 0 Å². The van der Waals surface area contributed by atoms with E-state index in [1.165, 1.54) is 5.56 Å². The van der Waals surface area contributed by atoms with Gasteiger partial charge in [-0.05, 0) is 65.5 Å². The number of hydrogen-bond donors (Lipinski definition) is 1. The van der Waals surface area contributed by atoms with Gasteiger partial charge in [0.2, 0.25) is 0 Å². The number of aromatic nitrogens is 1. The molecule has 5 heteroatoms. The second kappa shape index (κ2) is 8.71. The predicted molar refractivity (Wildman–Crippen MR) is 135 cm³/mol. The van der Waals surface area contributed by atoms with Crippen molar-refractivity contribution in [3.8, 4) is 0 Å². The van der Waals surface area contributed by atoms with Crippen molar-refractivity contribution in [1.82, 2.24) is 10.3 Å². The Hall–Kier alpha value is -3.47. The Morgan fingerprint density at radius 2 is 1.79 bits per heavy atom. The van der Waals surface area contributed by atoms with Gasteiger partial charge in [-0.15, -0.1) is 0 Å². The van der Waals surface area contributed by atoms with Gasteiger partial charge in [-0.25, -0.2) is 9.78 Å². The van der Waals surface area contributed by atoms with Crippen molar-refractivity contribution < 1.29 is 14.3 Å². The van der Waals surface area contributed by atoms with Crippen LogP contribution in [0, 0.1) is 0 Å². The van der Waals surface area contributed by atoms with E-state index in [4.69, 9.17) is 9.72 Å². The van der Waals surface area contributed by atoms with Crippen molar-refractivity contribution in [3.05, 3.63) is 76.5 Å². The van der Waals surface area contributed by atoms with Crippen LogP contribution in [0.4, 0.5) is 0 Å². The van der Waals surface area contributed by atoms with Crippen LogP contribution in [0.1, 0.15) is 72.8 Å². The van der Waals surface area contributed by atoms with Gasteiger partial charge in [0, 0.05) is 11.4 Å². The summed E-state index contributed by atoms with van der Waals surface area (Å²) in [7, 11) is 0. The quantitative estimate of drug-likeness (QED) is 0.520. The maximum Gasteiger partial charge on any atom is 0.339 e. The SMILES string of the molecule is CC(C)(C)c1ccc(C=C2CCc3c2nc2ccccc2c3C(=O)OCC(=O)NC2CC2)cc1. The van der Waals surface area contributed by atoms with Gasteiger partial charge in [0.25, 0.3) is 5.91 Å². The van der Waals surface area contributed by atoms with Crippen LogP contribution < -0.4 is 5.32 Å². The molecule has 5 nitrogen and oxygen atoms in total. The minimum Gasteiger partial charge on any atom is -0.452 e. The summed E-state index contributed by atoms with van der Waals surface area (Å²) in [4.78, 5) is 30.1. The summed E-state index contributed by atoms with van der Waals surface area (Å²) in [5, 5.41) is 3.63. The Balaban J connectivity index is 1.47. The number of benzene rings is 2. The zero-order chi connectivity index (χ0) is 23.9. The van der Waals surface area contributed by atoms with Crippen molar-refractivity contribution >= 4 is 34.4 Å². The number of carbonyl (C=O) groups excluding carboxylic acids is 2. The van der Waals surface area contributed by atoms with E-state index >= 15 is 0 Å². The molecule has 1 heterocycles. The second-order valence-electron chi connectivity index (χ2n) is 10.3. The number of nitrogens with one attached hydrogen (secondary N) is 1. The first kappa shape index (κ1) is 22.3. The molecule has 1 fully saturated rings. The molecule has 0 spiro atoms. The molecule has 2 aliphatic carbocycles. The highest BCUT2D eigenvalue weighted by Crippen LogP contribution is 2.38. The van der Waals surface area contributed by atoms with Crippen LogP contribution in [-0.4, -0.2) is 29.5 Å². The van der Waals surface area contributed by atoms with Gasteiger partial charge >= 0.3 is 5.97 Å². The summed E-state index contributed by atoms with van der Waals surface area (Å²) in [6, 6.07) is 16.5. The molecule has 0 radical (unpaired) electrons. The van der Waals surface area contributed by atoms with E-state index in [2.05, 4.69) is 56.4 Å². The fraction of sp³-hybridized carbons (Fsp3) is 0.345. The average Bonchev–Trinajstić information content (AvgIpc) is 3.54. The van der Waals surface area contributed by atoms with E-state index in [-0.39, 0.29) is 24.0 Å². The number of allylic oxidation sites excluding steroid dienone is 1. The van der Waals surface area contributed by atoms with E-state index in [0.717, 1.165) is 59.0 Å². The summed E-state index contributed by atoms with van der Waals surface area (Å²) < 4.78 is 5.45. The third kappa shape index (κ3) is 4.60. The molecular weight excluding hydrogens is 424 g/mol. The number of hydrogen-bond acceptors (Lipinski definition) is 4. The molecule has 1 saturated carbocycles. The largest absolute Gasteiger partial charge is 0.452 e. The summed E-state index contributed by atoms with van der Waals surface area (Å²) in [5.74, 6) is -0.707. The van der Waals surface area contributed by atoms with Crippen LogP contribution >= 0.6 is 0 Å². The molecule has 1 aromatic heterocycles. The minimum absolute atomic E-state index is 0.108. The minimum atomic E-state index is -0.462. The van der Waals surface area contributed by atoms with Crippen LogP contribution in [-0.2, 0) is 21.4 Å². The standard InChI is InChI=1S/C29H30N2O3/c1-29(2,3)20-11-8-18(9-12-20)16-19-10-15-23-26(22-6-4-5-7-24(22)31-27(19)23)28(33)34-17-25(32)30-21-13-14-21/h4-9,11-12,16,21H,10,13-15,17H2,1-3H3,(H,30,32). The predicted octanol–water partition coefficient (Wildman–Crippen LogP) is 5.45. The Bertz CT molecular complexity index is 1300. The van der Waals surface area contributed by atoms with Crippen molar-refractivity contribution in [2.45, 2.75) is 57.9 Å². The highest BCUT2D eigenvalue weighted by Gasteiger charge is 2.29. The van der Waals surface area contributed by atoms with Crippen LogP contribution in [0.15, 0.2) is 48.5 Å². The number of esters is 1. The van der Waals surface area contributed by atoms with Crippen molar-refractivity contribution in [2.75, 3.05) is 6.61 Å². The first-order valence-corrected chi connectivity index (χ1v) is 12.0. The molecule has 5 rings (SSSR count). The highest BCUT2D eigenvalue weighted by atomic mass is 16.5. The molecule has 34 heavy (non-hydrogen) atoms. The lowest BCUT2D eigenvalue weighted by Crippen LogP contribution is -2.30. The zero-order valence-electron chi connectivity index (χ0n) is 20.0. The van der Waals surface area contributed by atoms with Gasteiger partial charge < -0.3 is 10.1 Å². The summed E-state index contributed by atoms with van der Waals surface area (Å²) in [5.41, 5.74) is 6.68. The first-order valence-electron chi connectivity index (χ1n) is 12.0. The van der Waals surface area contributed by atoms with Gasteiger partial charge in [-0.2, -0.15) is 0 Å². The Morgan fingerprint density at radius 1 is 1.06 bits per heavy atom. The normalized spacial score (nSPS) is 16.5. The second-order valence-corrected chi connectivity index (χ2v) is 10.3. The number of carbonyl (C=O) groups is 2. The molecule has 0 bridgehead atoms. The average molecular weight is 455 g/mol. The Morgan fingerprint density at radius 3 is 2.50 bits per heavy atom. The van der Waals surface area contributed by atoms with Gasteiger partial charge in [-0.3, -0.25) is 4.79 Å². The number of para-hydroxylation sites is 1. The summed E-state index contributed by atoms with van der Waals surface area (Å²) >= 11 is 0. The number of pyridine rings is 1. The van der Waals surface area contributed by atoms with E-state index in [1.54, 1.807) is 0 Å². The number of ether oxygens (including phenoxy) is 1. The molecule has 174 valence electrons. The summed E-state index contributed by atoms with van der Waals surface area (Å²) in [6.45, 7) is 6.36. The molecule has 0 atom stereocenters. The number of amides is 1. The van der Waals surface area contributed by atoms with Crippen LogP contribution in [0.5, 0.6) is 0 Å². The molecule has 1 amide bonds. The van der Waals surface area contributed by atoms with E-state index in [9.17, 15) is 9.59 Å². The number of nitrogens with zero attached hydrogens (tertiary/aromatic N) is 1. The van der Waals surface area contributed by atoms with Gasteiger partial charge in [-0.1, -0.05) is 63.2 Å². The third-order valence-electron chi connectivity index (χ3n) is 6.54. The summed E-state index contributed by atoms with van der Waals surface area (Å²) in [6.07, 6.45) is 5.69. The number of fused-ring (bicyclic) bond motifs is 2. The van der Waals surface area contributed by atoms with E-state index in [1.807, 2.05) is 24.3 Å². The molecular formula is C29H30N2O3. The van der Waals surface area contributed by atoms with Crippen molar-refractivity contribution in [2.24, 2.45) is 0 Å². The smallest absolute Gasteiger partial charge is 0.339 e. The lowest BCUT2D eigenvalue weighted by molar-refractivity contribution is -0.124. The lowest BCUT2D eigenvalue weighted by atomic mass is 9.86. The first-order chi connectivity index (χ1) is 16.3. The van der Waals surface area contributed by atoms with Crippen LogP contribution in [0.25, 0.3) is 22.6 Å². The third-order valence-corrected chi connectivity index (χ3v) is 6.54. The maximum absolute atomic E-state index is 13.2. The maximum atomic E-state index is 13.2. The topological polar surface area (TPSA) is 68.3 Å². The molecule has 0 aliphatic heterocycles. The van der Waals surface area contributed by atoms with E-state index < -0.39 is 5.97 Å². The molecule has 2 aliphatic rings. The monoisotopic (exact) mass is 454 g/mol. The van der Waals surface area contributed by atoms with E-state index in [0.29, 0.717) is 5.56 Å². The van der Waals surface area contributed by atoms with Crippen molar-refractivity contribution in [3.63, 3.8) is 0 Å². The van der Waals surface area contributed by atoms with Gasteiger partial charge in [0.15, 0.2) is 6.61 Å². The van der Waals surface area contributed by atoms with Crippen LogP contribution in [0.3, 0.4) is 0 Å². The number of rotatable bonds is 5. The fourth-order valence-electron chi connectivity index (χ4n) is 4.49. The Kier molecular flexibility index (Phi) is 5.72. The zero-order valence-corrected chi connectivity index (χ0v) is 20.0. The van der Waals surface area contributed by atoms with Crippen LogP contribution in [0.2, 0.25) is 0 Å². The van der Waals surface area contributed by atoms with Crippen molar-refractivity contribution in [1.29, 1.82) is 0 Å². The lowest BCUT2D eigenvalue weighted by Gasteiger charge is -2.18. The molecule has 3 aromatic rings. The fourth-order valence-corrected chi connectivity index (χ4v) is 4.49. The van der Waals surface area contributed by atoms with Gasteiger partial charge in [0.05, 0.1) is 16.8 Å². The Labute approximate surface area is 200 Å².